The Hall–Kier alpha value is -0.610. The van der Waals surface area contributed by atoms with Gasteiger partial charge < -0.3 is 11.1 Å². The Bertz CT molecular complexity index is 257. The van der Waals surface area contributed by atoms with E-state index in [9.17, 15) is 4.79 Å². The molecule has 0 aromatic carbocycles. The molecule has 92 valence electrons. The molecule has 2 aliphatic heterocycles. The summed E-state index contributed by atoms with van der Waals surface area (Å²) in [4.78, 5) is 13.9. The third-order valence-electron chi connectivity index (χ3n) is 4.02. The van der Waals surface area contributed by atoms with Crippen molar-refractivity contribution < 1.29 is 4.79 Å². The van der Waals surface area contributed by atoms with Gasteiger partial charge in [0, 0.05) is 31.6 Å². The highest BCUT2D eigenvalue weighted by molar-refractivity contribution is 5.76. The summed E-state index contributed by atoms with van der Waals surface area (Å²) in [6, 6.07) is 0.695. The average molecular weight is 225 g/mol. The van der Waals surface area contributed by atoms with Crippen LogP contribution in [0.25, 0.3) is 0 Å². The summed E-state index contributed by atoms with van der Waals surface area (Å²) < 4.78 is 0. The maximum Gasteiger partial charge on any atom is 0.221 e. The first-order valence-electron chi connectivity index (χ1n) is 6.43. The molecule has 0 aromatic rings. The number of nitrogens with two attached hydrogens (primary N) is 1. The Balaban J connectivity index is 1.93. The van der Waals surface area contributed by atoms with E-state index < -0.39 is 0 Å². The molecule has 4 nitrogen and oxygen atoms in total. The number of hydrogen-bond acceptors (Lipinski definition) is 3. The zero-order chi connectivity index (χ0) is 11.5. The van der Waals surface area contributed by atoms with Gasteiger partial charge in [0.1, 0.15) is 0 Å². The molecule has 3 atom stereocenters. The lowest BCUT2D eigenvalue weighted by Gasteiger charge is -2.39. The number of likely N-dealkylation sites (tertiary alicyclic amines) is 1. The quantitative estimate of drug-likeness (QED) is 0.676. The number of carbonyl (C=O) groups is 1. The van der Waals surface area contributed by atoms with Crippen molar-refractivity contribution in [2.75, 3.05) is 19.6 Å². The second kappa shape index (κ2) is 5.15. The molecule has 0 spiro atoms. The molecule has 2 saturated heterocycles. The standard InChI is InChI=1S/C12H23N3O/c1-9-4-6-15(8-11(9)13)10-3-2-5-14-12(16)7-10/h9-11H,2-8,13H2,1H3,(H,14,16). The van der Waals surface area contributed by atoms with Crippen molar-refractivity contribution in [3.05, 3.63) is 0 Å². The van der Waals surface area contributed by atoms with Gasteiger partial charge in [-0.1, -0.05) is 6.92 Å². The van der Waals surface area contributed by atoms with Crippen LogP contribution in [0.3, 0.4) is 0 Å². The third-order valence-corrected chi connectivity index (χ3v) is 4.02. The van der Waals surface area contributed by atoms with Crippen molar-refractivity contribution in [3.63, 3.8) is 0 Å². The van der Waals surface area contributed by atoms with Crippen molar-refractivity contribution in [2.45, 2.75) is 44.7 Å². The van der Waals surface area contributed by atoms with Crippen molar-refractivity contribution in [3.8, 4) is 0 Å². The first-order valence-corrected chi connectivity index (χ1v) is 6.43. The van der Waals surface area contributed by atoms with Crippen LogP contribution >= 0.6 is 0 Å². The van der Waals surface area contributed by atoms with E-state index in [0.717, 1.165) is 32.5 Å². The van der Waals surface area contributed by atoms with E-state index in [0.29, 0.717) is 18.4 Å². The molecular weight excluding hydrogens is 202 g/mol. The highest BCUT2D eigenvalue weighted by Gasteiger charge is 2.29. The summed E-state index contributed by atoms with van der Waals surface area (Å²) in [6.07, 6.45) is 4.04. The summed E-state index contributed by atoms with van der Waals surface area (Å²) in [6.45, 7) is 5.12. The predicted molar refractivity (Wildman–Crippen MR) is 64.0 cm³/mol. The summed E-state index contributed by atoms with van der Waals surface area (Å²) in [5, 5.41) is 2.94. The second-order valence-electron chi connectivity index (χ2n) is 5.27. The van der Waals surface area contributed by atoms with Crippen molar-refractivity contribution in [1.82, 2.24) is 10.2 Å². The zero-order valence-corrected chi connectivity index (χ0v) is 10.1. The Morgan fingerprint density at radius 1 is 1.44 bits per heavy atom. The van der Waals surface area contributed by atoms with E-state index in [4.69, 9.17) is 5.73 Å². The highest BCUT2D eigenvalue weighted by Crippen LogP contribution is 2.21. The number of nitrogens with one attached hydrogen (secondary N) is 1. The number of piperidine rings is 1. The highest BCUT2D eigenvalue weighted by atomic mass is 16.1. The Labute approximate surface area is 97.6 Å². The molecule has 2 aliphatic rings. The fraction of sp³-hybridized carbons (Fsp3) is 0.917. The molecule has 0 aliphatic carbocycles. The minimum absolute atomic E-state index is 0.203. The molecule has 4 heteroatoms. The molecule has 16 heavy (non-hydrogen) atoms. The average Bonchev–Trinajstić information content (AvgIpc) is 2.47. The fourth-order valence-electron chi connectivity index (χ4n) is 2.72. The van der Waals surface area contributed by atoms with Crippen LogP contribution in [0, 0.1) is 5.92 Å². The number of amides is 1. The zero-order valence-electron chi connectivity index (χ0n) is 10.1. The number of rotatable bonds is 1. The van der Waals surface area contributed by atoms with E-state index in [1.807, 2.05) is 0 Å². The lowest BCUT2D eigenvalue weighted by atomic mass is 9.92. The van der Waals surface area contributed by atoms with Crippen LogP contribution in [0.5, 0.6) is 0 Å². The van der Waals surface area contributed by atoms with Crippen LogP contribution in [-0.2, 0) is 4.79 Å². The molecule has 2 fully saturated rings. The molecule has 2 heterocycles. The lowest BCUT2D eigenvalue weighted by Crippen LogP contribution is -2.51. The van der Waals surface area contributed by atoms with Gasteiger partial charge in [0.05, 0.1) is 0 Å². The molecule has 0 saturated carbocycles. The summed E-state index contributed by atoms with van der Waals surface area (Å²) in [7, 11) is 0. The molecule has 1 amide bonds. The van der Waals surface area contributed by atoms with E-state index in [1.54, 1.807) is 0 Å². The van der Waals surface area contributed by atoms with Crippen LogP contribution in [0.1, 0.15) is 32.6 Å². The van der Waals surface area contributed by atoms with Crippen LogP contribution in [0.2, 0.25) is 0 Å². The topological polar surface area (TPSA) is 58.4 Å². The Morgan fingerprint density at radius 2 is 2.25 bits per heavy atom. The van der Waals surface area contributed by atoms with Gasteiger partial charge in [-0.25, -0.2) is 0 Å². The maximum absolute atomic E-state index is 11.5. The van der Waals surface area contributed by atoms with Crippen molar-refractivity contribution in [2.24, 2.45) is 11.7 Å². The van der Waals surface area contributed by atoms with E-state index in [-0.39, 0.29) is 11.9 Å². The monoisotopic (exact) mass is 225 g/mol. The van der Waals surface area contributed by atoms with Crippen molar-refractivity contribution >= 4 is 5.91 Å². The van der Waals surface area contributed by atoms with Crippen molar-refractivity contribution in [1.29, 1.82) is 0 Å². The molecule has 0 radical (unpaired) electrons. The molecule has 0 bridgehead atoms. The smallest absolute Gasteiger partial charge is 0.221 e. The summed E-state index contributed by atoms with van der Waals surface area (Å²) in [5.41, 5.74) is 6.11. The predicted octanol–water partition coefficient (Wildman–Crippen LogP) is 0.324. The van der Waals surface area contributed by atoms with E-state index in [2.05, 4.69) is 17.1 Å². The molecule has 0 aromatic heterocycles. The minimum Gasteiger partial charge on any atom is -0.356 e. The van der Waals surface area contributed by atoms with Gasteiger partial charge in [-0.05, 0) is 31.7 Å². The van der Waals surface area contributed by atoms with Gasteiger partial charge in [-0.3, -0.25) is 9.69 Å². The molecule has 3 N–H and O–H groups in total. The van der Waals surface area contributed by atoms with Gasteiger partial charge in [-0.15, -0.1) is 0 Å². The second-order valence-corrected chi connectivity index (χ2v) is 5.27. The number of hydrogen-bond donors (Lipinski definition) is 2. The van der Waals surface area contributed by atoms with Gasteiger partial charge in [-0.2, -0.15) is 0 Å². The van der Waals surface area contributed by atoms with Crippen LogP contribution in [-0.4, -0.2) is 42.5 Å². The molecule has 2 rings (SSSR count). The first-order chi connectivity index (χ1) is 7.66. The Kier molecular flexibility index (Phi) is 3.82. The van der Waals surface area contributed by atoms with Crippen LogP contribution < -0.4 is 11.1 Å². The molecule has 3 unspecified atom stereocenters. The largest absolute Gasteiger partial charge is 0.356 e. The third kappa shape index (κ3) is 2.74. The summed E-state index contributed by atoms with van der Waals surface area (Å²) >= 11 is 0. The Morgan fingerprint density at radius 3 is 3.00 bits per heavy atom. The van der Waals surface area contributed by atoms with Crippen LogP contribution in [0.4, 0.5) is 0 Å². The SMILES string of the molecule is CC1CCN(C2CCCNC(=O)C2)CC1N. The number of nitrogens with zero attached hydrogens (tertiary/aromatic N) is 1. The van der Waals surface area contributed by atoms with Gasteiger partial charge in [0.2, 0.25) is 5.91 Å². The first kappa shape index (κ1) is 11.9. The summed E-state index contributed by atoms with van der Waals surface area (Å²) in [5.74, 6) is 0.825. The maximum atomic E-state index is 11.5. The van der Waals surface area contributed by atoms with E-state index >= 15 is 0 Å². The normalized spacial score (nSPS) is 37.9. The molecular formula is C12H23N3O. The number of carbonyl (C=O) groups excluding carboxylic acids is 1. The van der Waals surface area contributed by atoms with Gasteiger partial charge in [0.15, 0.2) is 0 Å². The lowest BCUT2D eigenvalue weighted by molar-refractivity contribution is -0.121. The van der Waals surface area contributed by atoms with E-state index in [1.165, 1.54) is 6.42 Å². The minimum atomic E-state index is 0.203. The fourth-order valence-corrected chi connectivity index (χ4v) is 2.72. The van der Waals surface area contributed by atoms with Gasteiger partial charge in [0.25, 0.3) is 0 Å². The van der Waals surface area contributed by atoms with Crippen LogP contribution in [0.15, 0.2) is 0 Å². The van der Waals surface area contributed by atoms with Gasteiger partial charge >= 0.3 is 0 Å².